The molecule has 0 radical (unpaired) electrons. The van der Waals surface area contributed by atoms with E-state index in [1.807, 2.05) is 55.1 Å². The minimum absolute atomic E-state index is 0.000745. The maximum absolute atomic E-state index is 14.0. The molecule has 0 N–H and O–H groups in total. The number of carbonyl (C=O) groups is 2. The number of nitrogens with zero attached hydrogens (tertiary/aromatic N) is 2. The first kappa shape index (κ1) is 25.1. The molecule has 2 amide bonds. The van der Waals surface area contributed by atoms with Gasteiger partial charge in [-0.25, -0.2) is 0 Å². The zero-order valence-electron chi connectivity index (χ0n) is 21.4. The normalized spacial score (nSPS) is 23.1. The van der Waals surface area contributed by atoms with Gasteiger partial charge in [0.2, 0.25) is 5.91 Å². The standard InChI is InChI=1S/C29H38N2O4/c1-20(2)35-25-15-12-23(18-26(25)34-4)28-29(33)31(24-13-10-21(3)11-14-24)19-27(32)30(28)17-16-22-8-6-5-7-9-22/h5-9,12,15,18,20-21,24,28H,10-11,13-14,16-17,19H2,1-4H3/t21?,24?,28-/m1/s1. The van der Waals surface area contributed by atoms with Crippen molar-refractivity contribution < 1.29 is 19.1 Å². The summed E-state index contributed by atoms with van der Waals surface area (Å²) in [6, 6.07) is 15.2. The van der Waals surface area contributed by atoms with E-state index in [0.717, 1.165) is 36.8 Å². The maximum atomic E-state index is 14.0. The van der Waals surface area contributed by atoms with E-state index >= 15 is 0 Å². The molecule has 188 valence electrons. The Morgan fingerprint density at radius 3 is 2.34 bits per heavy atom. The zero-order valence-corrected chi connectivity index (χ0v) is 21.4. The van der Waals surface area contributed by atoms with E-state index in [4.69, 9.17) is 9.47 Å². The van der Waals surface area contributed by atoms with Crippen molar-refractivity contribution in [3.63, 3.8) is 0 Å². The second-order valence-electron chi connectivity index (χ2n) is 10.2. The number of benzene rings is 2. The summed E-state index contributed by atoms with van der Waals surface area (Å²) < 4.78 is 11.5. The van der Waals surface area contributed by atoms with Crippen molar-refractivity contribution in [3.8, 4) is 11.5 Å². The summed E-state index contributed by atoms with van der Waals surface area (Å²) in [4.78, 5) is 31.1. The molecule has 1 saturated heterocycles. The molecule has 6 heteroatoms. The van der Waals surface area contributed by atoms with Gasteiger partial charge in [0.05, 0.1) is 13.2 Å². The van der Waals surface area contributed by atoms with E-state index in [-0.39, 0.29) is 30.5 Å². The number of carbonyl (C=O) groups excluding carboxylic acids is 2. The van der Waals surface area contributed by atoms with Crippen LogP contribution in [0.15, 0.2) is 48.5 Å². The lowest BCUT2D eigenvalue weighted by atomic mass is 9.85. The molecule has 0 unspecified atom stereocenters. The third-order valence-corrected chi connectivity index (χ3v) is 7.23. The Kier molecular flexibility index (Phi) is 7.99. The summed E-state index contributed by atoms with van der Waals surface area (Å²) in [5.41, 5.74) is 1.91. The van der Waals surface area contributed by atoms with Crippen molar-refractivity contribution in [2.45, 2.75) is 71.1 Å². The van der Waals surface area contributed by atoms with Gasteiger partial charge in [0, 0.05) is 12.6 Å². The third kappa shape index (κ3) is 5.80. The van der Waals surface area contributed by atoms with Crippen LogP contribution in [0.2, 0.25) is 0 Å². The summed E-state index contributed by atoms with van der Waals surface area (Å²) in [6.45, 7) is 6.84. The van der Waals surface area contributed by atoms with E-state index in [0.29, 0.717) is 30.4 Å². The fraction of sp³-hybridized carbons (Fsp3) is 0.517. The molecular weight excluding hydrogens is 440 g/mol. The Morgan fingerprint density at radius 1 is 0.971 bits per heavy atom. The van der Waals surface area contributed by atoms with E-state index in [1.54, 1.807) is 12.0 Å². The Morgan fingerprint density at radius 2 is 1.69 bits per heavy atom. The van der Waals surface area contributed by atoms with Crippen molar-refractivity contribution in [2.75, 3.05) is 20.2 Å². The Bertz CT molecular complexity index is 1010. The van der Waals surface area contributed by atoms with E-state index in [9.17, 15) is 9.59 Å². The molecule has 2 aromatic rings. The molecular formula is C29H38N2O4. The molecule has 1 aliphatic carbocycles. The highest BCUT2D eigenvalue weighted by Crippen LogP contribution is 2.37. The zero-order chi connectivity index (χ0) is 24.9. The van der Waals surface area contributed by atoms with Crippen molar-refractivity contribution in [1.29, 1.82) is 0 Å². The molecule has 1 atom stereocenters. The number of methoxy groups -OCH3 is 1. The summed E-state index contributed by atoms with van der Waals surface area (Å²) in [5.74, 6) is 1.90. The lowest BCUT2D eigenvalue weighted by Gasteiger charge is -2.45. The fourth-order valence-corrected chi connectivity index (χ4v) is 5.29. The minimum Gasteiger partial charge on any atom is -0.493 e. The summed E-state index contributed by atoms with van der Waals surface area (Å²) in [5, 5.41) is 0. The van der Waals surface area contributed by atoms with Gasteiger partial charge < -0.3 is 19.3 Å². The van der Waals surface area contributed by atoms with E-state index < -0.39 is 6.04 Å². The second-order valence-corrected chi connectivity index (χ2v) is 10.2. The summed E-state index contributed by atoms with van der Waals surface area (Å²) >= 11 is 0. The second kappa shape index (κ2) is 11.1. The first-order valence-corrected chi connectivity index (χ1v) is 12.9. The number of hydrogen-bond acceptors (Lipinski definition) is 4. The Balaban J connectivity index is 1.65. The van der Waals surface area contributed by atoms with Crippen molar-refractivity contribution in [1.82, 2.24) is 9.80 Å². The van der Waals surface area contributed by atoms with Crippen LogP contribution in [0.1, 0.15) is 63.6 Å². The van der Waals surface area contributed by atoms with Gasteiger partial charge in [0.1, 0.15) is 12.6 Å². The van der Waals surface area contributed by atoms with Crippen LogP contribution in [0.5, 0.6) is 11.5 Å². The van der Waals surface area contributed by atoms with Gasteiger partial charge in [-0.3, -0.25) is 9.59 Å². The molecule has 1 saturated carbocycles. The molecule has 2 aromatic carbocycles. The van der Waals surface area contributed by atoms with Crippen LogP contribution >= 0.6 is 0 Å². The third-order valence-electron chi connectivity index (χ3n) is 7.23. The molecule has 35 heavy (non-hydrogen) atoms. The number of ether oxygens (including phenoxy) is 2. The van der Waals surface area contributed by atoms with Gasteiger partial charge in [0.25, 0.3) is 5.91 Å². The quantitative estimate of drug-likeness (QED) is 0.535. The largest absolute Gasteiger partial charge is 0.493 e. The number of amides is 2. The molecule has 1 aliphatic heterocycles. The first-order valence-electron chi connectivity index (χ1n) is 12.9. The van der Waals surface area contributed by atoms with Gasteiger partial charge in [-0.1, -0.05) is 43.3 Å². The average molecular weight is 479 g/mol. The van der Waals surface area contributed by atoms with Crippen LogP contribution in [0.3, 0.4) is 0 Å². The Labute approximate surface area is 209 Å². The lowest BCUT2D eigenvalue weighted by molar-refractivity contribution is -0.159. The molecule has 0 bridgehead atoms. The van der Waals surface area contributed by atoms with Crippen LogP contribution in [0, 0.1) is 5.92 Å². The maximum Gasteiger partial charge on any atom is 0.250 e. The van der Waals surface area contributed by atoms with Gasteiger partial charge in [-0.2, -0.15) is 0 Å². The molecule has 0 spiro atoms. The van der Waals surface area contributed by atoms with Crippen LogP contribution < -0.4 is 9.47 Å². The predicted molar refractivity (Wildman–Crippen MR) is 136 cm³/mol. The van der Waals surface area contributed by atoms with Crippen molar-refractivity contribution >= 4 is 11.8 Å². The monoisotopic (exact) mass is 478 g/mol. The van der Waals surface area contributed by atoms with E-state index in [2.05, 4.69) is 19.1 Å². The lowest BCUT2D eigenvalue weighted by Crippen LogP contribution is -2.59. The summed E-state index contributed by atoms with van der Waals surface area (Å²) in [7, 11) is 1.60. The number of piperazine rings is 1. The average Bonchev–Trinajstić information content (AvgIpc) is 2.85. The summed E-state index contributed by atoms with van der Waals surface area (Å²) in [6.07, 6.45) is 4.81. The SMILES string of the molecule is COc1cc([C@@H]2C(=O)N(C3CCC(C)CC3)CC(=O)N2CCc2ccccc2)ccc1OC(C)C. The van der Waals surface area contributed by atoms with Gasteiger partial charge in [-0.05, 0) is 75.1 Å². The highest BCUT2D eigenvalue weighted by Gasteiger charge is 2.43. The highest BCUT2D eigenvalue weighted by molar-refractivity contribution is 5.96. The van der Waals surface area contributed by atoms with Crippen LogP contribution in [-0.4, -0.2) is 54.0 Å². The Hall–Kier alpha value is -3.02. The van der Waals surface area contributed by atoms with Crippen molar-refractivity contribution in [3.05, 3.63) is 59.7 Å². The van der Waals surface area contributed by atoms with Crippen LogP contribution in [0.25, 0.3) is 0 Å². The van der Waals surface area contributed by atoms with Gasteiger partial charge in [0.15, 0.2) is 11.5 Å². The predicted octanol–water partition coefficient (Wildman–Crippen LogP) is 5.02. The number of hydrogen-bond donors (Lipinski definition) is 0. The smallest absolute Gasteiger partial charge is 0.250 e. The van der Waals surface area contributed by atoms with Crippen molar-refractivity contribution in [2.24, 2.45) is 5.92 Å². The number of rotatable bonds is 8. The minimum atomic E-state index is -0.665. The molecule has 0 aromatic heterocycles. The fourth-order valence-electron chi connectivity index (χ4n) is 5.29. The van der Waals surface area contributed by atoms with Gasteiger partial charge in [-0.15, -0.1) is 0 Å². The molecule has 6 nitrogen and oxygen atoms in total. The topological polar surface area (TPSA) is 59.1 Å². The molecule has 4 rings (SSSR count). The van der Waals surface area contributed by atoms with E-state index in [1.165, 1.54) is 0 Å². The van der Waals surface area contributed by atoms with Crippen LogP contribution in [-0.2, 0) is 16.0 Å². The highest BCUT2D eigenvalue weighted by atomic mass is 16.5. The molecule has 2 aliphatic rings. The molecule has 1 heterocycles. The molecule has 2 fully saturated rings. The first-order chi connectivity index (χ1) is 16.9. The van der Waals surface area contributed by atoms with Gasteiger partial charge >= 0.3 is 0 Å². The van der Waals surface area contributed by atoms with Crippen LogP contribution in [0.4, 0.5) is 0 Å².